The van der Waals surface area contributed by atoms with Crippen LogP contribution in [0.15, 0.2) is 91.0 Å². The van der Waals surface area contributed by atoms with E-state index >= 15 is 0 Å². The normalized spacial score (nSPS) is 18.1. The molecule has 1 heterocycles. The first kappa shape index (κ1) is 22.2. The molecule has 3 atom stereocenters. The van der Waals surface area contributed by atoms with Gasteiger partial charge in [-0.1, -0.05) is 84.9 Å². The van der Waals surface area contributed by atoms with Crippen molar-refractivity contribution in [2.75, 3.05) is 6.54 Å². The first-order chi connectivity index (χ1) is 16.6. The average molecular weight is 452 g/mol. The van der Waals surface area contributed by atoms with Crippen molar-refractivity contribution >= 4 is 16.7 Å². The summed E-state index contributed by atoms with van der Waals surface area (Å²) in [7, 11) is 0. The number of benzene rings is 4. The lowest BCUT2D eigenvalue weighted by molar-refractivity contribution is -0.136. The number of rotatable bonds is 7. The number of para-hydroxylation sites is 1. The number of carboxylic acids is 1. The molecular weight excluding hydrogens is 422 g/mol. The zero-order chi connectivity index (χ0) is 23.5. The molecule has 0 saturated heterocycles. The standard InChI is InChI=1S/C30H29NO3/c1-20(25-11-6-8-22-7-2-3-9-26(22)25)31-19-24-18-28(27-10-4-5-12-29(27)34-24)23-15-13-21(14-16-23)17-30(32)33/h2-16,20,24,28,31H,17-19H2,1H3,(H,32,33). The SMILES string of the molecule is CC(NCC1CC(c2ccc(CC(=O)O)cc2)c2ccccc2O1)c1cccc2ccccc12. The van der Waals surface area contributed by atoms with Crippen LogP contribution in [0.1, 0.15) is 47.6 Å². The molecular formula is C30H29NO3. The number of ether oxygens (including phenoxy) is 1. The zero-order valence-electron chi connectivity index (χ0n) is 19.3. The van der Waals surface area contributed by atoms with Crippen LogP contribution < -0.4 is 10.1 Å². The minimum Gasteiger partial charge on any atom is -0.489 e. The molecule has 4 aromatic carbocycles. The summed E-state index contributed by atoms with van der Waals surface area (Å²) in [4.78, 5) is 11.0. The highest BCUT2D eigenvalue weighted by atomic mass is 16.5. The molecule has 4 heteroatoms. The molecule has 4 aromatic rings. The maximum Gasteiger partial charge on any atom is 0.307 e. The van der Waals surface area contributed by atoms with Gasteiger partial charge >= 0.3 is 5.97 Å². The van der Waals surface area contributed by atoms with Crippen LogP contribution in [-0.2, 0) is 11.2 Å². The largest absolute Gasteiger partial charge is 0.489 e. The second kappa shape index (κ2) is 9.70. The topological polar surface area (TPSA) is 58.6 Å². The van der Waals surface area contributed by atoms with E-state index in [0.29, 0.717) is 0 Å². The number of carbonyl (C=O) groups is 1. The van der Waals surface area contributed by atoms with Gasteiger partial charge in [-0.25, -0.2) is 0 Å². The van der Waals surface area contributed by atoms with E-state index in [-0.39, 0.29) is 24.5 Å². The lowest BCUT2D eigenvalue weighted by Crippen LogP contribution is -2.37. The van der Waals surface area contributed by atoms with Gasteiger partial charge in [0, 0.05) is 24.1 Å². The van der Waals surface area contributed by atoms with Crippen molar-refractivity contribution < 1.29 is 14.6 Å². The van der Waals surface area contributed by atoms with Crippen LogP contribution in [-0.4, -0.2) is 23.7 Å². The van der Waals surface area contributed by atoms with E-state index < -0.39 is 5.97 Å². The third kappa shape index (κ3) is 4.68. The predicted molar refractivity (Wildman–Crippen MR) is 135 cm³/mol. The van der Waals surface area contributed by atoms with E-state index in [9.17, 15) is 4.79 Å². The minimum absolute atomic E-state index is 0.0380. The Hall–Kier alpha value is -3.63. The summed E-state index contributed by atoms with van der Waals surface area (Å²) in [5, 5.41) is 15.3. The molecule has 5 rings (SSSR count). The Morgan fingerprint density at radius 1 is 0.971 bits per heavy atom. The molecule has 34 heavy (non-hydrogen) atoms. The fourth-order valence-electron chi connectivity index (χ4n) is 5.02. The Morgan fingerprint density at radius 2 is 1.71 bits per heavy atom. The van der Waals surface area contributed by atoms with Crippen LogP contribution in [0.3, 0.4) is 0 Å². The molecule has 0 spiro atoms. The number of fused-ring (bicyclic) bond motifs is 2. The van der Waals surface area contributed by atoms with E-state index in [1.807, 2.05) is 24.3 Å². The fraction of sp³-hybridized carbons (Fsp3) is 0.233. The maximum atomic E-state index is 11.0. The molecule has 1 aliphatic heterocycles. The van der Waals surface area contributed by atoms with Gasteiger partial charge in [0.15, 0.2) is 0 Å². The van der Waals surface area contributed by atoms with E-state index in [4.69, 9.17) is 9.84 Å². The third-order valence-electron chi connectivity index (χ3n) is 6.77. The monoisotopic (exact) mass is 451 g/mol. The van der Waals surface area contributed by atoms with E-state index in [1.165, 1.54) is 27.5 Å². The Kier molecular flexibility index (Phi) is 6.33. The summed E-state index contributed by atoms with van der Waals surface area (Å²) < 4.78 is 6.39. The van der Waals surface area contributed by atoms with Crippen molar-refractivity contribution in [3.05, 3.63) is 113 Å². The number of nitrogens with one attached hydrogen (secondary N) is 1. The van der Waals surface area contributed by atoms with Gasteiger partial charge in [-0.3, -0.25) is 4.79 Å². The van der Waals surface area contributed by atoms with Crippen molar-refractivity contribution in [3.63, 3.8) is 0 Å². The van der Waals surface area contributed by atoms with Crippen LogP contribution in [0.2, 0.25) is 0 Å². The van der Waals surface area contributed by atoms with E-state index in [1.54, 1.807) is 0 Å². The Balaban J connectivity index is 1.34. The Bertz CT molecular complexity index is 1290. The summed E-state index contributed by atoms with van der Waals surface area (Å²) in [5.41, 5.74) is 4.49. The maximum absolute atomic E-state index is 11.0. The smallest absolute Gasteiger partial charge is 0.307 e. The lowest BCUT2D eigenvalue weighted by atomic mass is 9.83. The number of hydrogen-bond acceptors (Lipinski definition) is 3. The molecule has 0 saturated carbocycles. The first-order valence-electron chi connectivity index (χ1n) is 11.9. The van der Waals surface area contributed by atoms with Crippen LogP contribution in [0.5, 0.6) is 5.75 Å². The van der Waals surface area contributed by atoms with Crippen molar-refractivity contribution in [2.24, 2.45) is 0 Å². The molecule has 0 fully saturated rings. The average Bonchev–Trinajstić information content (AvgIpc) is 2.86. The fourth-order valence-corrected chi connectivity index (χ4v) is 5.02. The summed E-state index contributed by atoms with van der Waals surface area (Å²) in [6.45, 7) is 2.95. The molecule has 0 aromatic heterocycles. The van der Waals surface area contributed by atoms with Crippen molar-refractivity contribution in [2.45, 2.75) is 37.8 Å². The quantitative estimate of drug-likeness (QED) is 0.356. The van der Waals surface area contributed by atoms with Crippen LogP contribution in [0, 0.1) is 0 Å². The Labute approximate surface area is 200 Å². The Morgan fingerprint density at radius 3 is 2.53 bits per heavy atom. The molecule has 3 unspecified atom stereocenters. The summed E-state index contributed by atoms with van der Waals surface area (Å²) in [6, 6.07) is 31.4. The molecule has 4 nitrogen and oxygen atoms in total. The summed E-state index contributed by atoms with van der Waals surface area (Å²) in [6.07, 6.45) is 0.948. The van der Waals surface area contributed by atoms with Gasteiger partial charge in [-0.05, 0) is 46.9 Å². The van der Waals surface area contributed by atoms with Gasteiger partial charge in [0.25, 0.3) is 0 Å². The third-order valence-corrected chi connectivity index (χ3v) is 6.77. The number of carboxylic acid groups (broad SMARTS) is 1. The van der Waals surface area contributed by atoms with Gasteiger partial charge in [0.2, 0.25) is 0 Å². The van der Waals surface area contributed by atoms with Gasteiger partial charge < -0.3 is 15.2 Å². The second-order valence-electron chi connectivity index (χ2n) is 9.08. The first-order valence-corrected chi connectivity index (χ1v) is 11.9. The van der Waals surface area contributed by atoms with Gasteiger partial charge in [0.1, 0.15) is 11.9 Å². The van der Waals surface area contributed by atoms with Crippen molar-refractivity contribution in [1.82, 2.24) is 5.32 Å². The highest BCUT2D eigenvalue weighted by Gasteiger charge is 2.29. The van der Waals surface area contributed by atoms with Gasteiger partial charge in [-0.2, -0.15) is 0 Å². The highest BCUT2D eigenvalue weighted by Crippen LogP contribution is 2.40. The van der Waals surface area contributed by atoms with E-state index in [2.05, 4.69) is 79.0 Å². The second-order valence-corrected chi connectivity index (χ2v) is 9.08. The minimum atomic E-state index is -0.810. The van der Waals surface area contributed by atoms with Crippen LogP contribution in [0.4, 0.5) is 0 Å². The molecule has 1 aliphatic rings. The van der Waals surface area contributed by atoms with Gasteiger partial charge in [-0.15, -0.1) is 0 Å². The predicted octanol–water partition coefficient (Wildman–Crippen LogP) is 6.10. The van der Waals surface area contributed by atoms with Crippen LogP contribution >= 0.6 is 0 Å². The lowest BCUT2D eigenvalue weighted by Gasteiger charge is -2.33. The van der Waals surface area contributed by atoms with Crippen LogP contribution in [0.25, 0.3) is 10.8 Å². The summed E-state index contributed by atoms with van der Waals surface area (Å²) in [5.74, 6) is 0.331. The molecule has 0 amide bonds. The molecule has 2 N–H and O–H groups in total. The summed E-state index contributed by atoms with van der Waals surface area (Å²) >= 11 is 0. The van der Waals surface area contributed by atoms with Crippen molar-refractivity contribution in [1.29, 1.82) is 0 Å². The zero-order valence-corrected chi connectivity index (χ0v) is 19.3. The molecule has 0 radical (unpaired) electrons. The number of hydrogen-bond donors (Lipinski definition) is 2. The molecule has 0 aliphatic carbocycles. The molecule has 172 valence electrons. The van der Waals surface area contributed by atoms with Crippen molar-refractivity contribution in [3.8, 4) is 5.75 Å². The number of aliphatic carboxylic acids is 1. The highest BCUT2D eigenvalue weighted by molar-refractivity contribution is 5.86. The van der Waals surface area contributed by atoms with Gasteiger partial charge in [0.05, 0.1) is 6.42 Å². The van der Waals surface area contributed by atoms with E-state index in [0.717, 1.165) is 24.3 Å². The molecule has 0 bridgehead atoms.